The number of hydrogen-bond donors (Lipinski definition) is 2. The summed E-state index contributed by atoms with van der Waals surface area (Å²) in [6.07, 6.45) is 2.61. The van der Waals surface area contributed by atoms with E-state index in [1.165, 1.54) is 0 Å². The number of rotatable bonds is 6. The van der Waals surface area contributed by atoms with Crippen LogP contribution in [0.4, 0.5) is 11.4 Å². The van der Waals surface area contributed by atoms with Gasteiger partial charge in [0.25, 0.3) is 0 Å². The van der Waals surface area contributed by atoms with E-state index in [2.05, 4.69) is 29.6 Å². The highest BCUT2D eigenvalue weighted by molar-refractivity contribution is 7.80. The summed E-state index contributed by atoms with van der Waals surface area (Å²) in [6.45, 7) is 4.70. The molecule has 1 aliphatic rings. The summed E-state index contributed by atoms with van der Waals surface area (Å²) in [4.78, 5) is 16.0. The Kier molecular flexibility index (Phi) is 6.36. The van der Waals surface area contributed by atoms with Crippen LogP contribution in [0.1, 0.15) is 24.8 Å². The van der Waals surface area contributed by atoms with Crippen molar-refractivity contribution in [3.8, 4) is 0 Å². The number of carbonyl (C=O) groups excluding carboxylic acids is 1. The van der Waals surface area contributed by atoms with E-state index in [0.29, 0.717) is 11.5 Å². The number of amides is 1. The van der Waals surface area contributed by atoms with Crippen LogP contribution in [0, 0.1) is 6.92 Å². The molecule has 2 N–H and O–H groups in total. The molecule has 5 nitrogen and oxygen atoms in total. The van der Waals surface area contributed by atoms with Crippen LogP contribution >= 0.6 is 12.2 Å². The zero-order chi connectivity index (χ0) is 16.8. The van der Waals surface area contributed by atoms with E-state index in [-0.39, 0.29) is 5.91 Å². The van der Waals surface area contributed by atoms with E-state index in [1.807, 2.05) is 30.0 Å². The van der Waals surface area contributed by atoms with Gasteiger partial charge >= 0.3 is 0 Å². The van der Waals surface area contributed by atoms with Gasteiger partial charge in [0.2, 0.25) is 5.91 Å². The molecule has 1 aromatic rings. The normalized spacial score (nSPS) is 14.4. The minimum atomic E-state index is 0.203. The highest BCUT2D eigenvalue weighted by atomic mass is 32.1. The Morgan fingerprint density at radius 2 is 2.17 bits per heavy atom. The zero-order valence-corrected chi connectivity index (χ0v) is 15.0. The van der Waals surface area contributed by atoms with Gasteiger partial charge in [0, 0.05) is 30.9 Å². The number of benzene rings is 1. The number of nitrogens with one attached hydrogen (secondary N) is 2. The smallest absolute Gasteiger partial charge is 0.227 e. The minimum Gasteiger partial charge on any atom is -0.362 e. The molecule has 0 atom stereocenters. The molecule has 0 aliphatic carbocycles. The standard InChI is InChI=1S/C17H26N4OS/c1-13-7-8-14(12-15(13)21-11-4-6-16(21)22)19-17(23)18-9-5-10-20(2)3/h7-8,12H,4-6,9-11H2,1-3H3,(H2,18,19,23). The lowest BCUT2D eigenvalue weighted by atomic mass is 10.1. The number of anilines is 2. The van der Waals surface area contributed by atoms with Crippen LogP contribution in [0.25, 0.3) is 0 Å². The van der Waals surface area contributed by atoms with Crippen molar-refractivity contribution in [2.75, 3.05) is 43.9 Å². The molecule has 6 heteroatoms. The van der Waals surface area contributed by atoms with E-state index in [0.717, 1.165) is 49.4 Å². The Hall–Kier alpha value is -1.66. The van der Waals surface area contributed by atoms with Crippen molar-refractivity contribution in [2.24, 2.45) is 0 Å². The Morgan fingerprint density at radius 3 is 2.83 bits per heavy atom. The van der Waals surface area contributed by atoms with Crippen molar-refractivity contribution in [3.63, 3.8) is 0 Å². The van der Waals surface area contributed by atoms with Crippen LogP contribution in [-0.4, -0.2) is 49.6 Å². The maximum atomic E-state index is 12.0. The number of carbonyl (C=O) groups is 1. The van der Waals surface area contributed by atoms with Gasteiger partial charge in [-0.15, -0.1) is 0 Å². The molecule has 0 saturated carbocycles. The molecule has 1 saturated heterocycles. The first-order valence-corrected chi connectivity index (χ1v) is 8.49. The number of thiocarbonyl (C=S) groups is 1. The fourth-order valence-electron chi connectivity index (χ4n) is 2.65. The highest BCUT2D eigenvalue weighted by Gasteiger charge is 2.23. The topological polar surface area (TPSA) is 47.6 Å². The largest absolute Gasteiger partial charge is 0.362 e. The van der Waals surface area contributed by atoms with Crippen molar-refractivity contribution in [1.82, 2.24) is 10.2 Å². The molecule has 23 heavy (non-hydrogen) atoms. The van der Waals surface area contributed by atoms with Gasteiger partial charge in [-0.05, 0) is 70.3 Å². The predicted octanol–water partition coefficient (Wildman–Crippen LogP) is 2.36. The second-order valence-corrected chi connectivity index (χ2v) is 6.60. The lowest BCUT2D eigenvalue weighted by Gasteiger charge is -2.20. The van der Waals surface area contributed by atoms with Crippen LogP contribution in [0.15, 0.2) is 18.2 Å². The molecule has 126 valence electrons. The maximum absolute atomic E-state index is 12.0. The fourth-order valence-corrected chi connectivity index (χ4v) is 2.87. The molecule has 0 aromatic heterocycles. The number of aryl methyl sites for hydroxylation is 1. The summed E-state index contributed by atoms with van der Waals surface area (Å²) in [7, 11) is 4.12. The van der Waals surface area contributed by atoms with Crippen molar-refractivity contribution < 1.29 is 4.79 Å². The second-order valence-electron chi connectivity index (χ2n) is 6.19. The average Bonchev–Trinajstić information content (AvgIpc) is 2.91. The van der Waals surface area contributed by atoms with Crippen LogP contribution in [0.5, 0.6) is 0 Å². The summed E-state index contributed by atoms with van der Waals surface area (Å²) in [6, 6.07) is 6.03. The first-order valence-electron chi connectivity index (χ1n) is 8.08. The Bertz CT molecular complexity index is 574. The van der Waals surface area contributed by atoms with Gasteiger partial charge in [-0.1, -0.05) is 6.07 Å². The van der Waals surface area contributed by atoms with Crippen molar-refractivity contribution in [1.29, 1.82) is 0 Å². The molecule has 1 aliphatic heterocycles. The van der Waals surface area contributed by atoms with Gasteiger partial charge in [-0.2, -0.15) is 0 Å². The molecule has 0 unspecified atom stereocenters. The summed E-state index contributed by atoms with van der Waals surface area (Å²) >= 11 is 5.33. The SMILES string of the molecule is Cc1ccc(NC(=S)NCCCN(C)C)cc1N1CCCC1=O. The van der Waals surface area contributed by atoms with Crippen molar-refractivity contribution in [3.05, 3.63) is 23.8 Å². The fraction of sp³-hybridized carbons (Fsp3) is 0.529. The van der Waals surface area contributed by atoms with E-state index < -0.39 is 0 Å². The third kappa shape index (κ3) is 5.18. The molecule has 1 aromatic carbocycles. The molecule has 1 heterocycles. The first kappa shape index (κ1) is 17.7. The molecular formula is C17H26N4OS. The average molecular weight is 334 g/mol. The second kappa shape index (κ2) is 8.26. The van der Waals surface area contributed by atoms with Crippen LogP contribution < -0.4 is 15.5 Å². The van der Waals surface area contributed by atoms with Gasteiger partial charge in [-0.3, -0.25) is 4.79 Å². The summed E-state index contributed by atoms with van der Waals surface area (Å²) in [5.74, 6) is 0.203. The third-order valence-corrected chi connectivity index (χ3v) is 4.15. The van der Waals surface area contributed by atoms with Crippen molar-refractivity contribution >= 4 is 34.6 Å². The molecule has 0 spiro atoms. The monoisotopic (exact) mass is 334 g/mol. The maximum Gasteiger partial charge on any atom is 0.227 e. The molecule has 0 bridgehead atoms. The van der Waals surface area contributed by atoms with Gasteiger partial charge in [0.05, 0.1) is 0 Å². The van der Waals surface area contributed by atoms with E-state index in [9.17, 15) is 4.79 Å². The summed E-state index contributed by atoms with van der Waals surface area (Å²) in [5.41, 5.74) is 3.00. The summed E-state index contributed by atoms with van der Waals surface area (Å²) < 4.78 is 0. The Morgan fingerprint density at radius 1 is 1.39 bits per heavy atom. The van der Waals surface area contributed by atoms with Gasteiger partial charge in [0.15, 0.2) is 5.11 Å². The van der Waals surface area contributed by atoms with Crippen LogP contribution in [0.3, 0.4) is 0 Å². The molecule has 1 amide bonds. The Balaban J connectivity index is 1.93. The number of nitrogens with zero attached hydrogens (tertiary/aromatic N) is 2. The summed E-state index contributed by atoms with van der Waals surface area (Å²) in [5, 5.41) is 7.03. The van der Waals surface area contributed by atoms with Crippen molar-refractivity contribution in [2.45, 2.75) is 26.2 Å². The number of hydrogen-bond acceptors (Lipinski definition) is 3. The molecule has 2 rings (SSSR count). The predicted molar refractivity (Wildman–Crippen MR) is 100 cm³/mol. The minimum absolute atomic E-state index is 0.203. The van der Waals surface area contributed by atoms with E-state index >= 15 is 0 Å². The lowest BCUT2D eigenvalue weighted by molar-refractivity contribution is -0.117. The van der Waals surface area contributed by atoms with Gasteiger partial charge in [0.1, 0.15) is 0 Å². The highest BCUT2D eigenvalue weighted by Crippen LogP contribution is 2.28. The van der Waals surface area contributed by atoms with Gasteiger partial charge in [-0.25, -0.2) is 0 Å². The first-order chi connectivity index (χ1) is 11.0. The van der Waals surface area contributed by atoms with Gasteiger partial charge < -0.3 is 20.4 Å². The van der Waals surface area contributed by atoms with E-state index in [4.69, 9.17) is 12.2 Å². The van der Waals surface area contributed by atoms with E-state index in [1.54, 1.807) is 0 Å². The molecule has 1 fully saturated rings. The molecular weight excluding hydrogens is 308 g/mol. The third-order valence-electron chi connectivity index (χ3n) is 3.90. The lowest BCUT2D eigenvalue weighted by Crippen LogP contribution is -2.31. The molecule has 0 radical (unpaired) electrons. The van der Waals surface area contributed by atoms with Crippen LogP contribution in [-0.2, 0) is 4.79 Å². The van der Waals surface area contributed by atoms with Crippen LogP contribution in [0.2, 0.25) is 0 Å². The Labute approximate surface area is 144 Å². The quantitative estimate of drug-likeness (QED) is 0.618. The zero-order valence-electron chi connectivity index (χ0n) is 14.2.